The molecule has 0 unspecified atom stereocenters. The number of hydrogen-bond donors (Lipinski definition) is 8. The summed E-state index contributed by atoms with van der Waals surface area (Å²) in [4.78, 5) is 93.5. The van der Waals surface area contributed by atoms with Crippen LogP contribution in [0, 0.1) is 33.5 Å². The topological polar surface area (TPSA) is 378 Å². The lowest BCUT2D eigenvalue weighted by Gasteiger charge is -2.13. The van der Waals surface area contributed by atoms with Crippen molar-refractivity contribution in [3.63, 3.8) is 0 Å². The molecule has 24 nitrogen and oxygen atoms in total. The van der Waals surface area contributed by atoms with Crippen LogP contribution in [0.25, 0.3) is 98.4 Å². The molecule has 0 spiro atoms. The Kier molecular flexibility index (Phi) is 25.2. The predicted octanol–water partition coefficient (Wildman–Crippen LogP) is 17.7. The third-order valence-electron chi connectivity index (χ3n) is 21.3. The van der Waals surface area contributed by atoms with Crippen molar-refractivity contribution in [1.29, 1.82) is 0 Å². The van der Waals surface area contributed by atoms with E-state index in [9.17, 15) is 61.0 Å². The third kappa shape index (κ3) is 18.9. The van der Waals surface area contributed by atoms with Gasteiger partial charge >= 0.3 is 30.1 Å². The molecular formula is C99H82F4N8O16. The first-order chi connectivity index (χ1) is 60.8. The lowest BCUT2D eigenvalue weighted by Crippen LogP contribution is -2.11. The Hall–Kier alpha value is -16.3. The SMILES string of the molecule is Cc1cc(OCC(=O)O)c2c3c(C(N)=O)cccc3n(Cc3cccc(F)c3)c2c1.Cc1cc(OCC(=O)O)c2c3c(C(N)=O)cccc3n(Cc3ccccc3)c2c1.Cc1cccc(Cn2c3cc(C)cc(OCC(=O)O)c3c3c(C(N)=O)cccc32)c1.NC(=O)c1cccc2c1c1c(OCC(=O)O)cc(-c3ccc(C(F)(F)F)cc3)cc1n2Cc1ccccc1. The monoisotopic (exact) mass is 1710 g/mol. The van der Waals surface area contributed by atoms with Crippen LogP contribution in [0.15, 0.2) is 255 Å². The highest BCUT2D eigenvalue weighted by Gasteiger charge is 2.31. The summed E-state index contributed by atoms with van der Waals surface area (Å²) in [7, 11) is 0. The fourth-order valence-electron chi connectivity index (χ4n) is 16.2. The molecular weight excluding hydrogens is 1630 g/mol. The van der Waals surface area contributed by atoms with Crippen molar-refractivity contribution in [2.75, 3.05) is 26.4 Å². The second-order valence-corrected chi connectivity index (χ2v) is 30.3. The standard InChI is InChI=1S/C29H21F3N2O4.C24H22N2O4.C23H19FN2O4.C23H20N2O4/c30-29(31,32)20-11-9-18(10-12-20)19-13-23-27(24(14-19)38-16-25(35)36)26-21(28(33)37)7-4-8-22(26)34(23)15-17-5-2-1-3-6-17;1-14-5-3-6-16(9-14)12-26-18-8-4-7-17(24(25)29)22(18)23-19(26)10-15(2)11-20(23)30-13-21(27)28;1-13-8-18-22(19(9-13)30-12-20(27)28)21-16(23(25)29)6-3-7-17(21)26(18)11-14-4-2-5-15(24)10-14;1-14-10-18-22(19(11-14)29-13-20(26)27)21-16(23(24)28)8-5-9-17(21)25(18)12-15-6-3-2-4-7-15/h1-14H,15-16H2,(H2,33,37)(H,35,36);3-11H,12-13H2,1-2H3,(H2,25,29)(H,27,28);2-10H,11-12H2,1H3,(H2,25,29)(H,27,28);2-11H,12-13H2,1H3,(H2,24,28)(H,26,27). The van der Waals surface area contributed by atoms with E-state index < -0.39 is 85.7 Å². The molecule has 4 aromatic heterocycles. The number of primary amides is 4. The van der Waals surface area contributed by atoms with Crippen LogP contribution >= 0.6 is 0 Å². The zero-order valence-electron chi connectivity index (χ0n) is 68.7. The van der Waals surface area contributed by atoms with Gasteiger partial charge in [0.05, 0.1) is 71.2 Å². The molecule has 17 aromatic rings. The van der Waals surface area contributed by atoms with Gasteiger partial charge in [0.15, 0.2) is 26.4 Å². The van der Waals surface area contributed by atoms with Crippen molar-refractivity contribution in [2.45, 2.75) is 60.1 Å². The van der Waals surface area contributed by atoms with Crippen molar-refractivity contribution >= 4 is 135 Å². The first kappa shape index (κ1) is 87.1. The molecule has 0 atom stereocenters. The Morgan fingerprint density at radius 2 is 0.583 bits per heavy atom. The number of carbonyl (C=O) groups is 8. The molecule has 0 aliphatic rings. The minimum absolute atomic E-state index is 0.172. The number of carboxylic acids is 4. The number of carboxylic acid groups (broad SMARTS) is 4. The second-order valence-electron chi connectivity index (χ2n) is 30.3. The van der Waals surface area contributed by atoms with Crippen LogP contribution in [0.2, 0.25) is 0 Å². The number of ether oxygens (including phenoxy) is 4. The number of halogens is 4. The van der Waals surface area contributed by atoms with Gasteiger partial charge in [-0.3, -0.25) is 19.2 Å². The Bertz CT molecular complexity index is 7040. The van der Waals surface area contributed by atoms with Crippen LogP contribution < -0.4 is 41.9 Å². The molecule has 0 aliphatic heterocycles. The first-order valence-corrected chi connectivity index (χ1v) is 39.7. The van der Waals surface area contributed by atoms with E-state index in [-0.39, 0.29) is 17.1 Å². The quantitative estimate of drug-likeness (QED) is 0.0246. The average molecular weight is 1720 g/mol. The molecule has 0 bridgehead atoms. The highest BCUT2D eigenvalue weighted by atomic mass is 19.4. The molecule has 4 amide bonds. The van der Waals surface area contributed by atoms with Gasteiger partial charge in [0, 0.05) is 70.0 Å². The largest absolute Gasteiger partial charge is 0.481 e. The fourth-order valence-corrected chi connectivity index (χ4v) is 16.2. The molecule has 4 heterocycles. The molecule has 0 radical (unpaired) electrons. The molecule has 0 aliphatic carbocycles. The second kappa shape index (κ2) is 36.8. The van der Waals surface area contributed by atoms with Gasteiger partial charge in [-0.2, -0.15) is 13.2 Å². The molecule has 0 saturated carbocycles. The summed E-state index contributed by atoms with van der Waals surface area (Å²) in [6.07, 6.45) is -4.48. The molecule has 642 valence electrons. The summed E-state index contributed by atoms with van der Waals surface area (Å²) < 4.78 is 83.8. The number of nitrogens with zero attached hydrogens (tertiary/aromatic N) is 4. The number of carbonyl (C=O) groups excluding carboxylic acids is 4. The van der Waals surface area contributed by atoms with Crippen LogP contribution in [-0.4, -0.2) is 113 Å². The van der Waals surface area contributed by atoms with E-state index in [0.717, 1.165) is 89.7 Å². The molecule has 0 saturated heterocycles. The number of aryl methyl sites for hydroxylation is 4. The normalized spacial score (nSPS) is 11.3. The predicted molar refractivity (Wildman–Crippen MR) is 476 cm³/mol. The number of rotatable bonds is 25. The van der Waals surface area contributed by atoms with E-state index in [4.69, 9.17) is 57.2 Å². The Morgan fingerprint density at radius 1 is 0.291 bits per heavy atom. The summed E-state index contributed by atoms with van der Waals surface area (Å²) in [5.41, 5.74) is 38.1. The summed E-state index contributed by atoms with van der Waals surface area (Å²) >= 11 is 0. The van der Waals surface area contributed by atoms with Gasteiger partial charge in [0.25, 0.3) is 0 Å². The molecule has 0 fully saturated rings. The van der Waals surface area contributed by atoms with E-state index in [2.05, 4.69) is 21.3 Å². The van der Waals surface area contributed by atoms with Gasteiger partial charge in [-0.05, 0) is 199 Å². The van der Waals surface area contributed by atoms with Crippen molar-refractivity contribution in [3.8, 4) is 34.1 Å². The van der Waals surface area contributed by atoms with E-state index in [0.29, 0.717) is 125 Å². The van der Waals surface area contributed by atoms with Crippen molar-refractivity contribution in [1.82, 2.24) is 18.3 Å². The Labute approximate surface area is 721 Å². The minimum Gasteiger partial charge on any atom is -0.481 e. The van der Waals surface area contributed by atoms with Gasteiger partial charge in [-0.15, -0.1) is 0 Å². The summed E-state index contributed by atoms with van der Waals surface area (Å²) in [6.45, 7) is 7.57. The lowest BCUT2D eigenvalue weighted by molar-refractivity contribution is -0.140. The van der Waals surface area contributed by atoms with E-state index in [1.807, 2.05) is 158 Å². The van der Waals surface area contributed by atoms with Crippen LogP contribution in [0.1, 0.15) is 91.5 Å². The lowest BCUT2D eigenvalue weighted by atomic mass is 9.99. The van der Waals surface area contributed by atoms with E-state index >= 15 is 0 Å². The molecule has 17 rings (SSSR count). The van der Waals surface area contributed by atoms with Crippen LogP contribution in [0.3, 0.4) is 0 Å². The highest BCUT2D eigenvalue weighted by molar-refractivity contribution is 6.24. The molecule has 12 N–H and O–H groups in total. The summed E-state index contributed by atoms with van der Waals surface area (Å²) in [6, 6.07) is 74.5. The third-order valence-corrected chi connectivity index (χ3v) is 21.3. The van der Waals surface area contributed by atoms with Crippen LogP contribution in [0.5, 0.6) is 23.0 Å². The minimum atomic E-state index is -4.48. The van der Waals surface area contributed by atoms with Gasteiger partial charge in [0.2, 0.25) is 23.6 Å². The zero-order valence-corrected chi connectivity index (χ0v) is 68.7. The fraction of sp³-hybridized carbons (Fsp3) is 0.131. The number of nitrogens with two attached hydrogens (primary N) is 4. The molecule has 127 heavy (non-hydrogen) atoms. The number of benzene rings is 13. The van der Waals surface area contributed by atoms with Gasteiger partial charge < -0.3 is 80.6 Å². The summed E-state index contributed by atoms with van der Waals surface area (Å²) in [5, 5.41) is 41.4. The summed E-state index contributed by atoms with van der Waals surface area (Å²) in [5.74, 6) is -5.76. The maximum absolute atomic E-state index is 13.8. The van der Waals surface area contributed by atoms with Crippen LogP contribution in [-0.2, 0) is 51.5 Å². The molecule has 28 heteroatoms. The number of amides is 4. The Morgan fingerprint density at radius 3 is 0.890 bits per heavy atom. The highest BCUT2D eigenvalue weighted by Crippen LogP contribution is 2.46. The zero-order chi connectivity index (χ0) is 90.4. The van der Waals surface area contributed by atoms with E-state index in [1.165, 1.54) is 24.3 Å². The number of fused-ring (bicyclic) bond motifs is 12. The van der Waals surface area contributed by atoms with Crippen molar-refractivity contribution in [3.05, 3.63) is 333 Å². The van der Waals surface area contributed by atoms with Gasteiger partial charge in [0.1, 0.15) is 28.8 Å². The maximum Gasteiger partial charge on any atom is 0.416 e. The van der Waals surface area contributed by atoms with E-state index in [1.54, 1.807) is 84.9 Å². The van der Waals surface area contributed by atoms with Gasteiger partial charge in [-0.25, -0.2) is 23.6 Å². The maximum atomic E-state index is 13.8. The molecule has 13 aromatic carbocycles. The smallest absolute Gasteiger partial charge is 0.416 e. The van der Waals surface area contributed by atoms with Crippen molar-refractivity contribution in [2.24, 2.45) is 22.9 Å². The van der Waals surface area contributed by atoms with Crippen LogP contribution in [0.4, 0.5) is 17.6 Å². The number of alkyl halides is 3. The number of hydrogen-bond acceptors (Lipinski definition) is 12. The Balaban J connectivity index is 0.000000138. The number of aliphatic carboxylic acids is 4. The average Bonchev–Trinajstić information content (AvgIpc) is 1.60. The first-order valence-electron chi connectivity index (χ1n) is 39.7. The van der Waals surface area contributed by atoms with Gasteiger partial charge in [-0.1, -0.05) is 139 Å². The van der Waals surface area contributed by atoms with Crippen molar-refractivity contribution < 1.29 is 95.3 Å². The number of aromatic nitrogens is 4.